The first-order chi connectivity index (χ1) is 7.70. The number of anilines is 1. The van der Waals surface area contributed by atoms with E-state index in [1.807, 2.05) is 0 Å². The summed E-state index contributed by atoms with van der Waals surface area (Å²) in [5.74, 6) is -0.691. The van der Waals surface area contributed by atoms with Crippen molar-refractivity contribution < 1.29 is 14.4 Å². The number of carbonyl (C=O) groups is 1. The molecule has 0 spiro atoms. The summed E-state index contributed by atoms with van der Waals surface area (Å²) in [6.07, 6.45) is 6.62. The number of aromatic nitrogens is 1. The van der Waals surface area contributed by atoms with E-state index in [4.69, 9.17) is 15.4 Å². The van der Waals surface area contributed by atoms with Gasteiger partial charge in [-0.15, -0.1) is 0 Å². The smallest absolute Gasteiger partial charge is 0.358 e. The number of nitrogen functional groups attached to an aromatic ring is 1. The number of nitrogens with two attached hydrogens (primary N) is 1. The molecule has 16 heavy (non-hydrogen) atoms. The van der Waals surface area contributed by atoms with Crippen molar-refractivity contribution in [2.75, 3.05) is 5.73 Å². The molecule has 0 unspecified atom stereocenters. The number of hydrogen-bond donors (Lipinski definition) is 2. The summed E-state index contributed by atoms with van der Waals surface area (Å²) in [4.78, 5) is 11.0. The highest BCUT2D eigenvalue weighted by molar-refractivity contribution is 5.88. The average molecular weight is 224 g/mol. The third-order valence-electron chi connectivity index (χ3n) is 3.22. The number of carboxylic acids is 1. The summed E-state index contributed by atoms with van der Waals surface area (Å²) in [5, 5.41) is 12.5. The van der Waals surface area contributed by atoms with E-state index in [1.165, 1.54) is 12.8 Å². The topological polar surface area (TPSA) is 89.4 Å². The second kappa shape index (κ2) is 4.55. The van der Waals surface area contributed by atoms with Gasteiger partial charge >= 0.3 is 5.97 Å². The molecule has 1 saturated carbocycles. The fourth-order valence-electron chi connectivity index (χ4n) is 2.43. The Balaban J connectivity index is 2.29. The number of carboxylic acid groups (broad SMARTS) is 1. The minimum Gasteiger partial charge on any atom is -0.476 e. The van der Waals surface area contributed by atoms with E-state index in [9.17, 15) is 4.79 Å². The molecule has 88 valence electrons. The summed E-state index contributed by atoms with van der Waals surface area (Å²) in [6.45, 7) is 0. The monoisotopic (exact) mass is 224 g/mol. The zero-order valence-electron chi connectivity index (χ0n) is 9.11. The quantitative estimate of drug-likeness (QED) is 0.753. The molecule has 3 N–H and O–H groups in total. The van der Waals surface area contributed by atoms with Crippen LogP contribution in [0.2, 0.25) is 0 Å². The Morgan fingerprint density at radius 1 is 1.31 bits per heavy atom. The first kappa shape index (κ1) is 11.0. The van der Waals surface area contributed by atoms with Crippen LogP contribution in [0.5, 0.6) is 0 Å². The Hall–Kier alpha value is -1.52. The molecule has 0 bridgehead atoms. The molecule has 1 heterocycles. The first-order valence-electron chi connectivity index (χ1n) is 5.68. The van der Waals surface area contributed by atoms with Crippen LogP contribution in [-0.4, -0.2) is 16.2 Å². The Morgan fingerprint density at radius 2 is 1.94 bits per heavy atom. The van der Waals surface area contributed by atoms with E-state index >= 15 is 0 Å². The molecule has 2 rings (SSSR count). The summed E-state index contributed by atoms with van der Waals surface area (Å²) in [7, 11) is 0. The lowest BCUT2D eigenvalue weighted by Crippen LogP contribution is -2.07. The van der Waals surface area contributed by atoms with Crippen LogP contribution in [0.15, 0.2) is 4.52 Å². The minimum atomic E-state index is -1.06. The van der Waals surface area contributed by atoms with Crippen molar-refractivity contribution in [3.63, 3.8) is 0 Å². The second-order valence-corrected chi connectivity index (χ2v) is 4.30. The molecule has 1 aliphatic carbocycles. The standard InChI is InChI=1S/C11H16N2O3/c12-10-8(9(11(14)15)13-16-10)7-5-3-1-2-4-6-7/h7H,1-6,12H2,(H,14,15). The van der Waals surface area contributed by atoms with E-state index in [0.717, 1.165) is 25.7 Å². The van der Waals surface area contributed by atoms with Crippen molar-refractivity contribution in [1.82, 2.24) is 5.16 Å². The highest BCUT2D eigenvalue weighted by atomic mass is 16.5. The van der Waals surface area contributed by atoms with E-state index in [0.29, 0.717) is 5.56 Å². The summed E-state index contributed by atoms with van der Waals surface area (Å²) < 4.78 is 4.80. The lowest BCUT2D eigenvalue weighted by atomic mass is 9.91. The van der Waals surface area contributed by atoms with Gasteiger partial charge in [-0.1, -0.05) is 30.8 Å². The van der Waals surface area contributed by atoms with Crippen LogP contribution in [0, 0.1) is 0 Å². The minimum absolute atomic E-state index is 0.00981. The number of rotatable bonds is 2. The molecule has 1 aromatic heterocycles. The third kappa shape index (κ3) is 2.03. The molecule has 0 amide bonds. The summed E-state index contributed by atoms with van der Waals surface area (Å²) in [6, 6.07) is 0. The van der Waals surface area contributed by atoms with E-state index in [2.05, 4.69) is 5.16 Å². The molecule has 1 aliphatic rings. The van der Waals surface area contributed by atoms with Crippen LogP contribution in [0.3, 0.4) is 0 Å². The zero-order valence-corrected chi connectivity index (χ0v) is 9.11. The molecule has 1 fully saturated rings. The largest absolute Gasteiger partial charge is 0.476 e. The van der Waals surface area contributed by atoms with Gasteiger partial charge in [-0.3, -0.25) is 0 Å². The second-order valence-electron chi connectivity index (χ2n) is 4.30. The molecule has 5 heteroatoms. The highest BCUT2D eigenvalue weighted by Crippen LogP contribution is 2.36. The van der Waals surface area contributed by atoms with Crippen molar-refractivity contribution in [2.45, 2.75) is 44.4 Å². The molecular weight excluding hydrogens is 208 g/mol. The van der Waals surface area contributed by atoms with Crippen molar-refractivity contribution in [3.8, 4) is 0 Å². The van der Waals surface area contributed by atoms with Crippen molar-refractivity contribution in [2.24, 2.45) is 0 Å². The van der Waals surface area contributed by atoms with Gasteiger partial charge in [0.15, 0.2) is 5.69 Å². The predicted molar refractivity (Wildman–Crippen MR) is 58.3 cm³/mol. The third-order valence-corrected chi connectivity index (χ3v) is 3.22. The maximum Gasteiger partial charge on any atom is 0.358 e. The Bertz CT molecular complexity index is 379. The predicted octanol–water partition coefficient (Wildman–Crippen LogP) is 2.39. The van der Waals surface area contributed by atoms with Gasteiger partial charge in [0.1, 0.15) is 0 Å². The molecule has 0 aliphatic heterocycles. The van der Waals surface area contributed by atoms with Crippen molar-refractivity contribution >= 4 is 11.9 Å². The van der Waals surface area contributed by atoms with Crippen LogP contribution >= 0.6 is 0 Å². The van der Waals surface area contributed by atoms with Crippen molar-refractivity contribution in [3.05, 3.63) is 11.3 Å². The van der Waals surface area contributed by atoms with Crippen LogP contribution in [0.4, 0.5) is 5.88 Å². The van der Waals surface area contributed by atoms with Crippen molar-refractivity contribution in [1.29, 1.82) is 0 Å². The highest BCUT2D eigenvalue weighted by Gasteiger charge is 2.27. The fourth-order valence-corrected chi connectivity index (χ4v) is 2.43. The van der Waals surface area contributed by atoms with Crippen LogP contribution in [0.1, 0.15) is 60.5 Å². The summed E-state index contributed by atoms with van der Waals surface area (Å²) in [5.41, 5.74) is 6.26. The van der Waals surface area contributed by atoms with Crippen LogP contribution in [-0.2, 0) is 0 Å². The average Bonchev–Trinajstić information content (AvgIpc) is 2.50. The van der Waals surface area contributed by atoms with Gasteiger partial charge in [0.25, 0.3) is 0 Å². The Kier molecular flexibility index (Phi) is 3.12. The Morgan fingerprint density at radius 3 is 2.50 bits per heavy atom. The first-order valence-corrected chi connectivity index (χ1v) is 5.68. The van der Waals surface area contributed by atoms with Gasteiger partial charge in [0.2, 0.25) is 5.88 Å². The lowest BCUT2D eigenvalue weighted by molar-refractivity contribution is 0.0684. The van der Waals surface area contributed by atoms with Gasteiger partial charge in [-0.25, -0.2) is 4.79 Å². The van der Waals surface area contributed by atoms with Crippen LogP contribution in [0.25, 0.3) is 0 Å². The Labute approximate surface area is 93.6 Å². The van der Waals surface area contributed by atoms with E-state index in [-0.39, 0.29) is 17.5 Å². The van der Waals surface area contributed by atoms with Gasteiger partial charge in [-0.2, -0.15) is 0 Å². The summed E-state index contributed by atoms with van der Waals surface area (Å²) >= 11 is 0. The maximum atomic E-state index is 11.0. The number of aromatic carboxylic acids is 1. The van der Waals surface area contributed by atoms with E-state index in [1.54, 1.807) is 0 Å². The van der Waals surface area contributed by atoms with Gasteiger partial charge in [-0.05, 0) is 18.8 Å². The molecular formula is C11H16N2O3. The van der Waals surface area contributed by atoms with Gasteiger partial charge in [0.05, 0.1) is 5.56 Å². The lowest BCUT2D eigenvalue weighted by Gasteiger charge is -2.12. The number of hydrogen-bond acceptors (Lipinski definition) is 4. The number of nitrogens with zero attached hydrogens (tertiary/aromatic N) is 1. The van der Waals surface area contributed by atoms with E-state index < -0.39 is 5.97 Å². The zero-order chi connectivity index (χ0) is 11.5. The van der Waals surface area contributed by atoms with Crippen LogP contribution < -0.4 is 5.73 Å². The van der Waals surface area contributed by atoms with Gasteiger partial charge < -0.3 is 15.4 Å². The molecule has 0 atom stereocenters. The van der Waals surface area contributed by atoms with Gasteiger partial charge in [0, 0.05) is 0 Å². The SMILES string of the molecule is Nc1onc(C(=O)O)c1C1CCCCCC1. The normalized spacial score (nSPS) is 18.2. The maximum absolute atomic E-state index is 11.0. The fraction of sp³-hybridized carbons (Fsp3) is 0.636. The molecule has 5 nitrogen and oxygen atoms in total. The molecule has 1 aromatic rings. The molecule has 0 saturated heterocycles. The molecule has 0 radical (unpaired) electrons. The molecule has 0 aromatic carbocycles.